The largest absolute Gasteiger partial charge is 0.378 e. The first-order valence-electron chi connectivity index (χ1n) is 19.6. The third-order valence-corrected chi connectivity index (χ3v) is 13.9. The Morgan fingerprint density at radius 2 is 1.74 bits per heavy atom. The van der Waals surface area contributed by atoms with Crippen LogP contribution in [0.2, 0.25) is 0 Å². The fourth-order valence-corrected chi connectivity index (χ4v) is 11.3. The molecular weight excluding hydrogens is 576 g/mol. The minimum atomic E-state index is -0.00606. The van der Waals surface area contributed by atoms with E-state index in [0.29, 0.717) is 22.8 Å². The summed E-state index contributed by atoms with van der Waals surface area (Å²) in [5.74, 6) is 6.10. The van der Waals surface area contributed by atoms with E-state index in [1.165, 1.54) is 70.6 Å². The zero-order valence-electron chi connectivity index (χ0n) is 30.4. The van der Waals surface area contributed by atoms with Gasteiger partial charge in [0.15, 0.2) is 0 Å². The molecule has 3 fully saturated rings. The number of ether oxygens (including phenoxy) is 1. The monoisotopic (exact) mass is 640 g/mol. The summed E-state index contributed by atoms with van der Waals surface area (Å²) in [7, 11) is 0. The van der Waals surface area contributed by atoms with E-state index in [4.69, 9.17) is 4.74 Å². The van der Waals surface area contributed by atoms with Crippen LogP contribution in [-0.4, -0.2) is 22.3 Å². The molecule has 2 heterocycles. The fourth-order valence-electron chi connectivity index (χ4n) is 11.3. The maximum absolute atomic E-state index is 12.6. The summed E-state index contributed by atoms with van der Waals surface area (Å²) in [5.41, 5.74) is 3.76. The average molecular weight is 641 g/mol. The lowest BCUT2D eigenvalue weighted by atomic mass is 9.47. The van der Waals surface area contributed by atoms with Gasteiger partial charge in [-0.3, -0.25) is 9.36 Å². The summed E-state index contributed by atoms with van der Waals surface area (Å²) in [6.07, 6.45) is 25.5. The van der Waals surface area contributed by atoms with Gasteiger partial charge in [-0.1, -0.05) is 90.5 Å². The van der Waals surface area contributed by atoms with Gasteiger partial charge >= 0.3 is 0 Å². The summed E-state index contributed by atoms with van der Waals surface area (Å²) in [6.45, 7) is 13.6. The van der Waals surface area contributed by atoms with E-state index >= 15 is 0 Å². The molecule has 4 aliphatic carbocycles. The maximum Gasteiger partial charge on any atom is 0.256 e. The first-order chi connectivity index (χ1) is 22.7. The van der Waals surface area contributed by atoms with E-state index in [9.17, 15) is 4.79 Å². The molecule has 2 aromatic rings. The molecule has 47 heavy (non-hydrogen) atoms. The van der Waals surface area contributed by atoms with Crippen LogP contribution < -0.4 is 5.56 Å². The SMILES string of the molecule is CC(C)CCC[C@@H](C)[C@H]1CCC2[C@@H]3CC=C4C[C@@H](OCCCCCCc5cccc(=O)n5-c5ccccn5)CC[C@]4(C)C3CC[C@@]21C. The zero-order chi connectivity index (χ0) is 33.0. The molecule has 0 aromatic carbocycles. The van der Waals surface area contributed by atoms with Gasteiger partial charge in [-0.15, -0.1) is 0 Å². The smallest absolute Gasteiger partial charge is 0.256 e. The number of aromatic nitrogens is 2. The number of allylic oxidation sites excluding steroid dienone is 1. The second-order valence-corrected chi connectivity index (χ2v) is 17.1. The van der Waals surface area contributed by atoms with Gasteiger partial charge in [0.2, 0.25) is 0 Å². The van der Waals surface area contributed by atoms with Crippen LogP contribution in [-0.2, 0) is 11.2 Å². The Kier molecular flexibility index (Phi) is 11.2. The number of hydrogen-bond acceptors (Lipinski definition) is 3. The average Bonchev–Trinajstić information content (AvgIpc) is 3.42. The number of aryl methyl sites for hydroxylation is 1. The molecule has 4 nitrogen and oxygen atoms in total. The van der Waals surface area contributed by atoms with Crippen molar-refractivity contribution in [3.63, 3.8) is 0 Å². The van der Waals surface area contributed by atoms with Crippen molar-refractivity contribution in [3.05, 3.63) is 70.3 Å². The van der Waals surface area contributed by atoms with Gasteiger partial charge in [0, 0.05) is 24.6 Å². The van der Waals surface area contributed by atoms with Gasteiger partial charge < -0.3 is 4.74 Å². The molecule has 0 N–H and O–H groups in total. The highest BCUT2D eigenvalue weighted by Crippen LogP contribution is 2.67. The summed E-state index contributed by atoms with van der Waals surface area (Å²) in [5, 5.41) is 0. The molecule has 0 spiro atoms. The highest BCUT2D eigenvalue weighted by molar-refractivity contribution is 5.27. The minimum absolute atomic E-state index is 0.00606. The highest BCUT2D eigenvalue weighted by Gasteiger charge is 2.59. The highest BCUT2D eigenvalue weighted by atomic mass is 16.5. The quantitative estimate of drug-likeness (QED) is 0.152. The second kappa shape index (κ2) is 15.1. The number of hydrogen-bond donors (Lipinski definition) is 0. The van der Waals surface area contributed by atoms with Crippen LogP contribution in [0.1, 0.15) is 137 Å². The van der Waals surface area contributed by atoms with Gasteiger partial charge in [0.05, 0.1) is 6.10 Å². The van der Waals surface area contributed by atoms with E-state index in [1.807, 2.05) is 24.3 Å². The Labute approximate surface area is 286 Å². The van der Waals surface area contributed by atoms with Gasteiger partial charge in [-0.25, -0.2) is 4.98 Å². The molecule has 0 bridgehead atoms. The Hall–Kier alpha value is -2.20. The summed E-state index contributed by atoms with van der Waals surface area (Å²) >= 11 is 0. The molecule has 0 saturated heterocycles. The standard InChI is InChI=1S/C43H64N2O2/c1-31(2)14-12-15-32(3)37-22-23-38-36-21-20-33-30-35(24-26-42(33,4)39(36)25-27-43(37,38)5)47-29-11-7-6-8-16-34-17-13-19-41(46)45(34)40-18-9-10-28-44-40/h9-10,13,17-20,28,31-32,35-39H,6-8,11-12,14-16,21-27,29-30H2,1-5H3/t32-,35+,36+,37-,38?,39?,42+,43-/m1/s1. The van der Waals surface area contributed by atoms with Crippen LogP contribution in [0.4, 0.5) is 0 Å². The van der Waals surface area contributed by atoms with Gasteiger partial charge in [-0.2, -0.15) is 0 Å². The predicted octanol–water partition coefficient (Wildman–Crippen LogP) is 10.8. The number of pyridine rings is 2. The lowest BCUT2D eigenvalue weighted by Crippen LogP contribution is -2.51. The molecule has 6 rings (SSSR count). The molecule has 0 amide bonds. The van der Waals surface area contributed by atoms with Crippen LogP contribution in [0.25, 0.3) is 5.82 Å². The van der Waals surface area contributed by atoms with E-state index in [2.05, 4.69) is 51.7 Å². The molecule has 2 aromatic heterocycles. The van der Waals surface area contributed by atoms with E-state index in [0.717, 1.165) is 79.9 Å². The first kappa shape index (κ1) is 34.7. The van der Waals surface area contributed by atoms with E-state index < -0.39 is 0 Å². The van der Waals surface area contributed by atoms with Crippen molar-refractivity contribution < 1.29 is 4.74 Å². The molecule has 4 heteroatoms. The Balaban J connectivity index is 0.950. The second-order valence-electron chi connectivity index (χ2n) is 17.1. The molecule has 0 radical (unpaired) electrons. The molecule has 8 atom stereocenters. The van der Waals surface area contributed by atoms with Gasteiger partial charge in [0.1, 0.15) is 5.82 Å². The normalized spacial score (nSPS) is 32.4. The number of unbranched alkanes of at least 4 members (excludes halogenated alkanes) is 3. The molecular formula is C43H64N2O2. The van der Waals surface area contributed by atoms with Crippen LogP contribution in [0.3, 0.4) is 0 Å². The van der Waals surface area contributed by atoms with Crippen LogP contribution in [0.5, 0.6) is 0 Å². The van der Waals surface area contributed by atoms with Gasteiger partial charge in [0.25, 0.3) is 5.56 Å². The Bertz CT molecular complexity index is 1400. The predicted molar refractivity (Wildman–Crippen MR) is 195 cm³/mol. The lowest BCUT2D eigenvalue weighted by Gasteiger charge is -2.58. The van der Waals surface area contributed by atoms with Crippen molar-refractivity contribution in [2.24, 2.45) is 46.3 Å². The number of nitrogens with zero attached hydrogens (tertiary/aromatic N) is 2. The molecule has 4 aliphatic rings. The molecule has 0 aliphatic heterocycles. The van der Waals surface area contributed by atoms with Crippen LogP contribution in [0.15, 0.2) is 59.0 Å². The summed E-state index contributed by atoms with van der Waals surface area (Å²) in [4.78, 5) is 17.0. The summed E-state index contributed by atoms with van der Waals surface area (Å²) < 4.78 is 8.31. The number of fused-ring (bicyclic) bond motifs is 5. The Morgan fingerprint density at radius 3 is 2.55 bits per heavy atom. The van der Waals surface area contributed by atoms with Crippen molar-refractivity contribution in [2.45, 2.75) is 143 Å². The minimum Gasteiger partial charge on any atom is -0.378 e. The first-order valence-corrected chi connectivity index (χ1v) is 19.6. The Morgan fingerprint density at radius 1 is 0.894 bits per heavy atom. The van der Waals surface area contributed by atoms with E-state index in [-0.39, 0.29) is 5.56 Å². The number of rotatable bonds is 14. The zero-order valence-corrected chi connectivity index (χ0v) is 30.4. The molecule has 258 valence electrons. The van der Waals surface area contributed by atoms with Crippen molar-refractivity contribution >= 4 is 0 Å². The van der Waals surface area contributed by atoms with Crippen LogP contribution in [0, 0.1) is 46.3 Å². The van der Waals surface area contributed by atoms with Crippen molar-refractivity contribution in [1.82, 2.24) is 9.55 Å². The van der Waals surface area contributed by atoms with Gasteiger partial charge in [-0.05, 0) is 135 Å². The fraction of sp³-hybridized carbons (Fsp3) is 0.721. The third kappa shape index (κ3) is 7.38. The van der Waals surface area contributed by atoms with Crippen LogP contribution >= 0.6 is 0 Å². The lowest BCUT2D eigenvalue weighted by molar-refractivity contribution is -0.0641. The van der Waals surface area contributed by atoms with Crippen molar-refractivity contribution in [3.8, 4) is 5.82 Å². The molecule has 2 unspecified atom stereocenters. The third-order valence-electron chi connectivity index (χ3n) is 13.9. The summed E-state index contributed by atoms with van der Waals surface area (Å²) in [6, 6.07) is 11.3. The van der Waals surface area contributed by atoms with E-state index in [1.54, 1.807) is 22.4 Å². The molecule has 3 saturated carbocycles. The van der Waals surface area contributed by atoms with Crippen molar-refractivity contribution in [1.29, 1.82) is 0 Å². The maximum atomic E-state index is 12.6. The van der Waals surface area contributed by atoms with Crippen molar-refractivity contribution in [2.75, 3.05) is 6.61 Å². The topological polar surface area (TPSA) is 44.1 Å².